The van der Waals surface area contributed by atoms with Crippen molar-refractivity contribution in [1.82, 2.24) is 14.9 Å². The molecule has 8 heteroatoms. The Morgan fingerprint density at radius 2 is 1.77 bits per heavy atom. The van der Waals surface area contributed by atoms with E-state index in [1.807, 2.05) is 36.1 Å². The highest BCUT2D eigenvalue weighted by atomic mass is 16.5. The van der Waals surface area contributed by atoms with Crippen LogP contribution in [0.5, 0.6) is 5.88 Å². The first-order valence-corrected chi connectivity index (χ1v) is 10.8. The van der Waals surface area contributed by atoms with E-state index in [1.165, 1.54) is 0 Å². The third-order valence-electron chi connectivity index (χ3n) is 6.08. The van der Waals surface area contributed by atoms with Gasteiger partial charge in [-0.25, -0.2) is 9.97 Å². The van der Waals surface area contributed by atoms with Gasteiger partial charge in [0.1, 0.15) is 0 Å². The smallest absolute Gasteiger partial charge is 0.258 e. The van der Waals surface area contributed by atoms with Crippen molar-refractivity contribution in [2.45, 2.75) is 32.6 Å². The average molecular weight is 412 g/mol. The number of ether oxygens (including phenoxy) is 1. The van der Waals surface area contributed by atoms with Crippen LogP contribution in [0.25, 0.3) is 11.0 Å². The molecule has 2 N–H and O–H groups in total. The standard InChI is InChI=1S/C22H29N5O3/c1-2-30-21-20(24-17-7-3-4-8-18(17)25-21)27-11-5-6-16(14-27)22(29)26-12-9-15(10-13-26)19(23)28/h3-4,7-8,15-16H,2,5-6,9-14H2,1H3,(H2,23,28)/t16-/m0/s1. The number of piperidine rings is 2. The molecule has 0 saturated carbocycles. The van der Waals surface area contributed by atoms with E-state index in [1.54, 1.807) is 0 Å². The van der Waals surface area contributed by atoms with Crippen LogP contribution in [0.15, 0.2) is 24.3 Å². The monoisotopic (exact) mass is 411 g/mol. The zero-order valence-corrected chi connectivity index (χ0v) is 17.4. The van der Waals surface area contributed by atoms with Gasteiger partial charge in [-0.2, -0.15) is 0 Å². The minimum atomic E-state index is -0.260. The molecule has 8 nitrogen and oxygen atoms in total. The number of likely N-dealkylation sites (tertiary alicyclic amines) is 1. The zero-order chi connectivity index (χ0) is 21.1. The summed E-state index contributed by atoms with van der Waals surface area (Å²) < 4.78 is 5.79. The van der Waals surface area contributed by atoms with Gasteiger partial charge in [-0.3, -0.25) is 9.59 Å². The van der Waals surface area contributed by atoms with Crippen LogP contribution >= 0.6 is 0 Å². The Morgan fingerprint density at radius 1 is 1.07 bits per heavy atom. The van der Waals surface area contributed by atoms with Crippen molar-refractivity contribution in [3.63, 3.8) is 0 Å². The fourth-order valence-electron chi connectivity index (χ4n) is 4.43. The number of rotatable bonds is 5. The maximum absolute atomic E-state index is 13.1. The molecule has 2 aromatic rings. The fraction of sp³-hybridized carbons (Fsp3) is 0.545. The van der Waals surface area contributed by atoms with Crippen LogP contribution in [0.2, 0.25) is 0 Å². The van der Waals surface area contributed by atoms with E-state index in [0.29, 0.717) is 50.8 Å². The molecule has 0 unspecified atom stereocenters. The van der Waals surface area contributed by atoms with Gasteiger partial charge in [0.05, 0.1) is 23.6 Å². The highest BCUT2D eigenvalue weighted by Gasteiger charge is 2.33. The Kier molecular flexibility index (Phi) is 6.01. The maximum Gasteiger partial charge on any atom is 0.258 e. The number of hydrogen-bond acceptors (Lipinski definition) is 6. The lowest BCUT2D eigenvalue weighted by molar-refractivity contribution is -0.138. The van der Waals surface area contributed by atoms with Crippen molar-refractivity contribution in [3.05, 3.63) is 24.3 Å². The van der Waals surface area contributed by atoms with E-state index < -0.39 is 0 Å². The molecule has 1 aromatic carbocycles. The molecule has 2 saturated heterocycles. The van der Waals surface area contributed by atoms with Crippen molar-refractivity contribution < 1.29 is 14.3 Å². The molecule has 1 aromatic heterocycles. The van der Waals surface area contributed by atoms with Crippen molar-refractivity contribution in [2.75, 3.05) is 37.7 Å². The zero-order valence-electron chi connectivity index (χ0n) is 17.4. The third kappa shape index (κ3) is 4.17. The van der Waals surface area contributed by atoms with Crippen LogP contribution < -0.4 is 15.4 Å². The van der Waals surface area contributed by atoms with E-state index in [4.69, 9.17) is 15.5 Å². The van der Waals surface area contributed by atoms with Gasteiger partial charge < -0.3 is 20.3 Å². The van der Waals surface area contributed by atoms with Gasteiger partial charge in [0, 0.05) is 32.1 Å². The number of carbonyl (C=O) groups is 2. The second kappa shape index (κ2) is 8.85. The summed E-state index contributed by atoms with van der Waals surface area (Å²) in [6.07, 6.45) is 3.08. The number of aromatic nitrogens is 2. The molecule has 30 heavy (non-hydrogen) atoms. The summed E-state index contributed by atoms with van der Waals surface area (Å²) in [4.78, 5) is 38.0. The first-order valence-electron chi connectivity index (χ1n) is 10.8. The molecule has 160 valence electrons. The predicted octanol–water partition coefficient (Wildman–Crippen LogP) is 1.97. The Bertz CT molecular complexity index is 926. The van der Waals surface area contributed by atoms with E-state index in [-0.39, 0.29) is 23.7 Å². The molecule has 3 heterocycles. The molecule has 2 aliphatic heterocycles. The average Bonchev–Trinajstić information content (AvgIpc) is 2.78. The summed E-state index contributed by atoms with van der Waals surface area (Å²) in [5.41, 5.74) is 7.03. The number of nitrogens with zero attached hydrogens (tertiary/aromatic N) is 4. The van der Waals surface area contributed by atoms with Crippen molar-refractivity contribution in [1.29, 1.82) is 0 Å². The second-order valence-corrected chi connectivity index (χ2v) is 8.06. The van der Waals surface area contributed by atoms with Gasteiger partial charge >= 0.3 is 0 Å². The van der Waals surface area contributed by atoms with Crippen molar-refractivity contribution in [2.24, 2.45) is 17.6 Å². The van der Waals surface area contributed by atoms with E-state index in [2.05, 4.69) is 9.88 Å². The summed E-state index contributed by atoms with van der Waals surface area (Å²) in [5.74, 6) is 0.927. The maximum atomic E-state index is 13.1. The molecular formula is C22H29N5O3. The number of carbonyl (C=O) groups excluding carboxylic acids is 2. The van der Waals surface area contributed by atoms with Gasteiger partial charge in [0.25, 0.3) is 5.88 Å². The second-order valence-electron chi connectivity index (χ2n) is 8.06. The largest absolute Gasteiger partial charge is 0.475 e. The van der Waals surface area contributed by atoms with Crippen LogP contribution in [-0.4, -0.2) is 59.5 Å². The first kappa shape index (κ1) is 20.4. The number of primary amides is 1. The van der Waals surface area contributed by atoms with Gasteiger partial charge in [-0.05, 0) is 44.7 Å². The van der Waals surface area contributed by atoms with E-state index in [0.717, 1.165) is 30.4 Å². The fourth-order valence-corrected chi connectivity index (χ4v) is 4.43. The molecule has 0 spiro atoms. The molecule has 0 radical (unpaired) electrons. The minimum absolute atomic E-state index is 0.0911. The molecule has 0 aliphatic carbocycles. The number of anilines is 1. The van der Waals surface area contributed by atoms with Crippen LogP contribution in [-0.2, 0) is 9.59 Å². The molecule has 2 amide bonds. The van der Waals surface area contributed by atoms with Gasteiger partial charge in [0.2, 0.25) is 11.8 Å². The number of para-hydroxylation sites is 2. The molecule has 1 atom stereocenters. The minimum Gasteiger partial charge on any atom is -0.475 e. The lowest BCUT2D eigenvalue weighted by atomic mass is 9.92. The lowest BCUT2D eigenvalue weighted by Gasteiger charge is -2.38. The Labute approximate surface area is 176 Å². The predicted molar refractivity (Wildman–Crippen MR) is 114 cm³/mol. The van der Waals surface area contributed by atoms with Gasteiger partial charge in [-0.1, -0.05) is 12.1 Å². The number of hydrogen-bond donors (Lipinski definition) is 1. The lowest BCUT2D eigenvalue weighted by Crippen LogP contribution is -2.48. The Hall–Kier alpha value is -2.90. The first-order chi connectivity index (χ1) is 14.6. The number of amides is 2. The number of benzene rings is 1. The summed E-state index contributed by atoms with van der Waals surface area (Å²) in [7, 11) is 0. The quantitative estimate of drug-likeness (QED) is 0.807. The molecule has 2 fully saturated rings. The summed E-state index contributed by atoms with van der Waals surface area (Å²) in [6.45, 7) is 5.05. The SMILES string of the molecule is CCOc1nc2ccccc2nc1N1CCC[C@H](C(=O)N2CCC(C(N)=O)CC2)C1. The molecular weight excluding hydrogens is 382 g/mol. The summed E-state index contributed by atoms with van der Waals surface area (Å²) >= 11 is 0. The molecule has 4 rings (SSSR count). The molecule has 2 aliphatic rings. The normalized spacial score (nSPS) is 20.4. The van der Waals surface area contributed by atoms with Crippen LogP contribution in [0.4, 0.5) is 5.82 Å². The highest BCUT2D eigenvalue weighted by molar-refractivity contribution is 5.82. The van der Waals surface area contributed by atoms with Crippen LogP contribution in [0.1, 0.15) is 32.6 Å². The molecule has 0 bridgehead atoms. The topological polar surface area (TPSA) is 102 Å². The summed E-state index contributed by atoms with van der Waals surface area (Å²) in [5, 5.41) is 0. The van der Waals surface area contributed by atoms with Gasteiger partial charge in [0.15, 0.2) is 5.82 Å². The number of fused-ring (bicyclic) bond motifs is 1. The van der Waals surface area contributed by atoms with E-state index >= 15 is 0 Å². The summed E-state index contributed by atoms with van der Waals surface area (Å²) in [6, 6.07) is 7.74. The van der Waals surface area contributed by atoms with Crippen molar-refractivity contribution >= 4 is 28.7 Å². The highest BCUT2D eigenvalue weighted by Crippen LogP contribution is 2.31. The van der Waals surface area contributed by atoms with Gasteiger partial charge in [-0.15, -0.1) is 0 Å². The van der Waals surface area contributed by atoms with Crippen molar-refractivity contribution in [3.8, 4) is 5.88 Å². The van der Waals surface area contributed by atoms with Crippen LogP contribution in [0.3, 0.4) is 0 Å². The van der Waals surface area contributed by atoms with E-state index in [9.17, 15) is 9.59 Å². The third-order valence-corrected chi connectivity index (χ3v) is 6.08. The Balaban J connectivity index is 1.50. The Morgan fingerprint density at radius 3 is 2.43 bits per heavy atom. The number of nitrogens with two attached hydrogens (primary N) is 1. The van der Waals surface area contributed by atoms with Crippen LogP contribution in [0, 0.1) is 11.8 Å².